The normalized spacial score (nSPS) is 12.1. The Balaban J connectivity index is 1.42. The summed E-state index contributed by atoms with van der Waals surface area (Å²) in [5.74, 6) is 0. The van der Waals surface area contributed by atoms with Crippen LogP contribution in [0.2, 0.25) is 0 Å². The predicted molar refractivity (Wildman–Crippen MR) is 176 cm³/mol. The van der Waals surface area contributed by atoms with Crippen LogP contribution in [0.15, 0.2) is 127 Å². The first-order valence-electron chi connectivity index (χ1n) is 14.4. The number of benzene rings is 7. The molecule has 0 N–H and O–H groups in total. The SMILES string of the molecule is Cc1cc(-c2ccccc2)cc(C)c1-c1cc2c3cc4ccccc4cc3n3c4cc5ccccc5cc4c(c1)c23. The molecule has 0 saturated carbocycles. The maximum Gasteiger partial charge on any atom is 0.0620 e. The zero-order chi connectivity index (χ0) is 27.2. The van der Waals surface area contributed by atoms with E-state index in [0.717, 1.165) is 0 Å². The molecular weight excluding hydrogens is 494 g/mol. The van der Waals surface area contributed by atoms with Crippen molar-refractivity contribution < 1.29 is 0 Å². The second kappa shape index (κ2) is 8.19. The van der Waals surface area contributed by atoms with Crippen molar-refractivity contribution in [3.63, 3.8) is 0 Å². The molecule has 192 valence electrons. The Morgan fingerprint density at radius 1 is 0.390 bits per heavy atom. The zero-order valence-corrected chi connectivity index (χ0v) is 23.1. The monoisotopic (exact) mass is 521 g/mol. The second-order valence-corrected chi connectivity index (χ2v) is 11.5. The Labute approximate surface area is 238 Å². The van der Waals surface area contributed by atoms with E-state index in [1.54, 1.807) is 0 Å². The molecule has 2 heterocycles. The number of hydrogen-bond donors (Lipinski definition) is 0. The number of aryl methyl sites for hydroxylation is 2. The Hall–Kier alpha value is -5.14. The van der Waals surface area contributed by atoms with Gasteiger partial charge in [-0.1, -0.05) is 91.0 Å². The lowest BCUT2D eigenvalue weighted by atomic mass is 9.90. The molecule has 7 aromatic carbocycles. The highest BCUT2D eigenvalue weighted by Gasteiger charge is 2.21. The van der Waals surface area contributed by atoms with E-state index in [2.05, 4.69) is 146 Å². The van der Waals surface area contributed by atoms with Crippen molar-refractivity contribution in [1.29, 1.82) is 0 Å². The average molecular weight is 522 g/mol. The van der Waals surface area contributed by atoms with Gasteiger partial charge >= 0.3 is 0 Å². The highest BCUT2D eigenvalue weighted by Crippen LogP contribution is 2.44. The maximum atomic E-state index is 2.51. The topological polar surface area (TPSA) is 4.41 Å². The van der Waals surface area contributed by atoms with Gasteiger partial charge in [0.1, 0.15) is 0 Å². The van der Waals surface area contributed by atoms with Crippen LogP contribution in [-0.2, 0) is 0 Å². The van der Waals surface area contributed by atoms with E-state index in [0.29, 0.717) is 0 Å². The van der Waals surface area contributed by atoms with E-state index in [1.807, 2.05) is 0 Å². The van der Waals surface area contributed by atoms with Crippen molar-refractivity contribution in [3.05, 3.63) is 139 Å². The van der Waals surface area contributed by atoms with Crippen LogP contribution in [0.4, 0.5) is 0 Å². The van der Waals surface area contributed by atoms with Crippen molar-refractivity contribution >= 4 is 59.6 Å². The number of fused-ring (bicyclic) bond motifs is 8. The van der Waals surface area contributed by atoms with Crippen molar-refractivity contribution in [1.82, 2.24) is 4.40 Å². The van der Waals surface area contributed by atoms with Crippen LogP contribution in [0.5, 0.6) is 0 Å². The second-order valence-electron chi connectivity index (χ2n) is 11.5. The van der Waals surface area contributed by atoms with Crippen LogP contribution in [0, 0.1) is 13.8 Å². The first kappa shape index (κ1) is 22.7. The molecule has 9 rings (SSSR count). The smallest absolute Gasteiger partial charge is 0.0620 e. The molecule has 0 fully saturated rings. The Morgan fingerprint density at radius 2 is 0.854 bits per heavy atom. The summed E-state index contributed by atoms with van der Waals surface area (Å²) in [5, 5.41) is 10.4. The van der Waals surface area contributed by atoms with E-state index in [4.69, 9.17) is 0 Å². The van der Waals surface area contributed by atoms with Crippen LogP contribution in [0.25, 0.3) is 81.9 Å². The molecule has 0 aliphatic carbocycles. The summed E-state index contributed by atoms with van der Waals surface area (Å²) in [6.07, 6.45) is 0. The van der Waals surface area contributed by atoms with E-state index in [-0.39, 0.29) is 0 Å². The molecular formula is C40H27N. The molecule has 0 radical (unpaired) electrons. The lowest BCUT2D eigenvalue weighted by molar-refractivity contribution is 1.37. The lowest BCUT2D eigenvalue weighted by Crippen LogP contribution is -1.91. The summed E-state index contributed by atoms with van der Waals surface area (Å²) in [7, 11) is 0. The molecule has 1 nitrogen and oxygen atoms in total. The standard InChI is InChI=1S/C40H27N/c1-24-16-31(26-10-4-3-5-11-26)17-25(2)39(24)32-20-35-33-18-27-12-6-8-14-29(27)22-37(33)41-38-23-30-15-9-7-13-28(30)19-34(38)36(21-32)40(35)41/h3-23H,1-2H3. The molecule has 41 heavy (non-hydrogen) atoms. The molecule has 0 bridgehead atoms. The largest absolute Gasteiger partial charge is 0.308 e. The lowest BCUT2D eigenvalue weighted by Gasteiger charge is -2.14. The van der Waals surface area contributed by atoms with E-state index < -0.39 is 0 Å². The molecule has 0 saturated heterocycles. The Kier molecular flexibility index (Phi) is 4.52. The van der Waals surface area contributed by atoms with Gasteiger partial charge in [-0.3, -0.25) is 0 Å². The molecule has 2 aromatic heterocycles. The van der Waals surface area contributed by atoms with Crippen LogP contribution >= 0.6 is 0 Å². The quantitative estimate of drug-likeness (QED) is 0.213. The zero-order valence-electron chi connectivity index (χ0n) is 23.1. The van der Waals surface area contributed by atoms with Gasteiger partial charge in [0.15, 0.2) is 0 Å². The molecule has 1 heteroatoms. The summed E-state index contributed by atoms with van der Waals surface area (Å²) in [6.45, 7) is 4.52. The number of hydrogen-bond acceptors (Lipinski definition) is 0. The molecule has 0 amide bonds. The maximum absolute atomic E-state index is 2.51. The minimum Gasteiger partial charge on any atom is -0.308 e. The van der Waals surface area contributed by atoms with Crippen LogP contribution < -0.4 is 0 Å². The highest BCUT2D eigenvalue weighted by atomic mass is 14.9. The van der Waals surface area contributed by atoms with Gasteiger partial charge in [0, 0.05) is 21.5 Å². The molecule has 0 atom stereocenters. The Morgan fingerprint density at radius 3 is 1.37 bits per heavy atom. The number of aromatic nitrogens is 1. The van der Waals surface area contributed by atoms with Crippen LogP contribution in [0.3, 0.4) is 0 Å². The van der Waals surface area contributed by atoms with Gasteiger partial charge in [-0.15, -0.1) is 0 Å². The Bertz CT molecular complexity index is 2330. The summed E-state index contributed by atoms with van der Waals surface area (Å²) in [5.41, 5.74) is 11.6. The van der Waals surface area contributed by atoms with E-state index in [9.17, 15) is 0 Å². The third kappa shape index (κ3) is 3.18. The predicted octanol–water partition coefficient (Wildman–Crippen LogP) is 11.1. The van der Waals surface area contributed by atoms with Crippen LogP contribution in [-0.4, -0.2) is 4.40 Å². The third-order valence-corrected chi connectivity index (χ3v) is 9.05. The fraction of sp³-hybridized carbons (Fsp3) is 0.0500. The summed E-state index contributed by atoms with van der Waals surface area (Å²) < 4.78 is 2.51. The van der Waals surface area contributed by atoms with Crippen LogP contribution in [0.1, 0.15) is 11.1 Å². The minimum atomic E-state index is 1.26. The fourth-order valence-corrected chi connectivity index (χ4v) is 7.28. The van der Waals surface area contributed by atoms with Crippen molar-refractivity contribution in [2.45, 2.75) is 13.8 Å². The molecule has 0 aliphatic rings. The van der Waals surface area contributed by atoms with Gasteiger partial charge in [0.25, 0.3) is 0 Å². The molecule has 0 aliphatic heterocycles. The number of nitrogens with zero attached hydrogens (tertiary/aromatic N) is 1. The van der Waals surface area contributed by atoms with Gasteiger partial charge in [-0.2, -0.15) is 0 Å². The molecule has 0 spiro atoms. The van der Waals surface area contributed by atoms with E-state index >= 15 is 0 Å². The van der Waals surface area contributed by atoms with E-state index in [1.165, 1.54) is 93.0 Å². The molecule has 0 unspecified atom stereocenters. The number of rotatable bonds is 2. The first-order valence-corrected chi connectivity index (χ1v) is 14.4. The van der Waals surface area contributed by atoms with Gasteiger partial charge in [0.05, 0.1) is 16.6 Å². The first-order chi connectivity index (χ1) is 20.1. The highest BCUT2D eigenvalue weighted by molar-refractivity contribution is 6.27. The summed E-state index contributed by atoms with van der Waals surface area (Å²) in [6, 6.07) is 47.3. The third-order valence-electron chi connectivity index (χ3n) is 9.05. The van der Waals surface area contributed by atoms with Gasteiger partial charge < -0.3 is 4.40 Å². The van der Waals surface area contributed by atoms with Crippen molar-refractivity contribution in [2.24, 2.45) is 0 Å². The van der Waals surface area contributed by atoms with Gasteiger partial charge in [-0.05, 0) is 105 Å². The van der Waals surface area contributed by atoms with Gasteiger partial charge in [0.2, 0.25) is 0 Å². The van der Waals surface area contributed by atoms with Gasteiger partial charge in [-0.25, -0.2) is 0 Å². The minimum absolute atomic E-state index is 1.26. The fourth-order valence-electron chi connectivity index (χ4n) is 7.28. The summed E-state index contributed by atoms with van der Waals surface area (Å²) in [4.78, 5) is 0. The average Bonchev–Trinajstić information content (AvgIpc) is 3.49. The summed E-state index contributed by atoms with van der Waals surface area (Å²) >= 11 is 0. The van der Waals surface area contributed by atoms with Crippen molar-refractivity contribution in [3.8, 4) is 22.3 Å². The van der Waals surface area contributed by atoms with Crippen molar-refractivity contribution in [2.75, 3.05) is 0 Å². The molecule has 9 aromatic rings.